The van der Waals surface area contributed by atoms with Crippen molar-refractivity contribution in [3.63, 3.8) is 0 Å². The first-order valence-corrected chi connectivity index (χ1v) is 8.56. The van der Waals surface area contributed by atoms with E-state index < -0.39 is 0 Å². The molecule has 0 N–H and O–H groups in total. The second kappa shape index (κ2) is 7.84. The molecule has 3 aromatic carbocycles. The van der Waals surface area contributed by atoms with Gasteiger partial charge in [0.25, 0.3) is 0 Å². The van der Waals surface area contributed by atoms with Crippen LogP contribution in [0.2, 0.25) is 0 Å². The minimum atomic E-state index is -0.315. The minimum absolute atomic E-state index is 0.315. The number of hydrogen-bond donors (Lipinski definition) is 0. The number of esters is 1. The van der Waals surface area contributed by atoms with E-state index in [0.29, 0.717) is 5.56 Å². The van der Waals surface area contributed by atoms with Crippen LogP contribution in [0.3, 0.4) is 0 Å². The Hall–Kier alpha value is -2.81. The molecular formula is C22H22O3. The van der Waals surface area contributed by atoms with E-state index in [9.17, 15) is 4.79 Å². The van der Waals surface area contributed by atoms with Crippen molar-refractivity contribution in [2.24, 2.45) is 0 Å². The molecule has 0 aliphatic heterocycles. The molecule has 3 nitrogen and oxygen atoms in total. The van der Waals surface area contributed by atoms with Gasteiger partial charge in [-0.05, 0) is 58.7 Å². The van der Waals surface area contributed by atoms with Crippen molar-refractivity contribution in [1.29, 1.82) is 0 Å². The molecule has 3 aromatic rings. The van der Waals surface area contributed by atoms with Gasteiger partial charge in [0.15, 0.2) is 0 Å². The van der Waals surface area contributed by atoms with Crippen molar-refractivity contribution in [2.45, 2.75) is 19.8 Å². The predicted octanol–water partition coefficient (Wildman–Crippen LogP) is 5.47. The molecule has 0 aliphatic carbocycles. The van der Waals surface area contributed by atoms with Crippen molar-refractivity contribution in [2.75, 3.05) is 13.7 Å². The Morgan fingerprint density at radius 3 is 2.28 bits per heavy atom. The van der Waals surface area contributed by atoms with Gasteiger partial charge in [-0.3, -0.25) is 0 Å². The van der Waals surface area contributed by atoms with Gasteiger partial charge in [-0.15, -0.1) is 0 Å². The molecule has 0 aliphatic rings. The maximum Gasteiger partial charge on any atom is 0.337 e. The van der Waals surface area contributed by atoms with Crippen LogP contribution in [-0.4, -0.2) is 19.7 Å². The average molecular weight is 334 g/mol. The maximum atomic E-state index is 11.6. The van der Waals surface area contributed by atoms with Gasteiger partial charge < -0.3 is 9.47 Å². The molecule has 3 heteroatoms. The number of carbonyl (C=O) groups excluding carboxylic acids is 1. The Morgan fingerprint density at radius 2 is 1.56 bits per heavy atom. The van der Waals surface area contributed by atoms with Crippen LogP contribution in [0, 0.1) is 0 Å². The van der Waals surface area contributed by atoms with E-state index in [2.05, 4.69) is 31.2 Å². The monoisotopic (exact) mass is 334 g/mol. The second-order valence-corrected chi connectivity index (χ2v) is 5.99. The highest BCUT2D eigenvalue weighted by Crippen LogP contribution is 2.27. The zero-order valence-electron chi connectivity index (χ0n) is 14.6. The highest BCUT2D eigenvalue weighted by Gasteiger charge is 2.07. The Kier molecular flexibility index (Phi) is 5.34. The maximum absolute atomic E-state index is 11.6. The highest BCUT2D eigenvalue weighted by molar-refractivity contribution is 5.96. The summed E-state index contributed by atoms with van der Waals surface area (Å²) < 4.78 is 10.5. The Labute approximate surface area is 148 Å². The molecule has 0 atom stereocenters. The number of unbranched alkanes of at least 4 members (excludes halogenated alkanes) is 1. The molecule has 0 fully saturated rings. The number of hydrogen-bond acceptors (Lipinski definition) is 3. The van der Waals surface area contributed by atoms with E-state index in [-0.39, 0.29) is 5.97 Å². The van der Waals surface area contributed by atoms with Crippen molar-refractivity contribution < 1.29 is 14.3 Å². The van der Waals surface area contributed by atoms with Crippen LogP contribution in [0.1, 0.15) is 30.1 Å². The van der Waals surface area contributed by atoms with Crippen molar-refractivity contribution >= 4 is 16.7 Å². The summed E-state index contributed by atoms with van der Waals surface area (Å²) in [7, 11) is 1.39. The van der Waals surface area contributed by atoms with E-state index in [1.54, 1.807) is 6.07 Å². The Bertz CT molecular complexity index is 866. The first-order chi connectivity index (χ1) is 12.2. The van der Waals surface area contributed by atoms with E-state index in [1.165, 1.54) is 7.11 Å². The molecule has 0 saturated carbocycles. The topological polar surface area (TPSA) is 35.5 Å². The summed E-state index contributed by atoms with van der Waals surface area (Å²) in [6, 6.07) is 20.0. The molecule has 0 saturated heterocycles. The first kappa shape index (κ1) is 17.0. The average Bonchev–Trinajstić information content (AvgIpc) is 2.67. The van der Waals surface area contributed by atoms with Crippen LogP contribution < -0.4 is 4.74 Å². The van der Waals surface area contributed by atoms with E-state index >= 15 is 0 Å². The minimum Gasteiger partial charge on any atom is -0.494 e. The van der Waals surface area contributed by atoms with Gasteiger partial charge in [-0.25, -0.2) is 4.79 Å². The number of benzene rings is 3. The normalized spacial score (nSPS) is 10.6. The smallest absolute Gasteiger partial charge is 0.337 e. The van der Waals surface area contributed by atoms with Crippen molar-refractivity contribution in [3.8, 4) is 16.9 Å². The SMILES string of the molecule is CCCCOc1ccc(-c2ccc3cc(C(=O)OC)ccc3c2)cc1. The molecule has 3 rings (SSSR count). The lowest BCUT2D eigenvalue weighted by Gasteiger charge is -2.08. The second-order valence-electron chi connectivity index (χ2n) is 5.99. The number of carbonyl (C=O) groups is 1. The third kappa shape index (κ3) is 4.00. The molecule has 0 unspecified atom stereocenters. The van der Waals surface area contributed by atoms with Gasteiger partial charge in [-0.1, -0.05) is 43.7 Å². The summed E-state index contributed by atoms with van der Waals surface area (Å²) in [6.45, 7) is 2.91. The molecule has 0 radical (unpaired) electrons. The third-order valence-corrected chi connectivity index (χ3v) is 4.22. The lowest BCUT2D eigenvalue weighted by molar-refractivity contribution is 0.0601. The number of fused-ring (bicyclic) bond motifs is 1. The molecule has 0 bridgehead atoms. The van der Waals surface area contributed by atoms with Crippen LogP contribution in [0.5, 0.6) is 5.75 Å². The van der Waals surface area contributed by atoms with Gasteiger partial charge in [0.05, 0.1) is 19.3 Å². The van der Waals surface area contributed by atoms with Crippen LogP contribution in [0.15, 0.2) is 60.7 Å². The van der Waals surface area contributed by atoms with E-state index in [4.69, 9.17) is 9.47 Å². The molecule has 128 valence electrons. The molecule has 0 amide bonds. The van der Waals surface area contributed by atoms with Gasteiger partial charge in [0, 0.05) is 0 Å². The fourth-order valence-corrected chi connectivity index (χ4v) is 2.75. The molecule has 25 heavy (non-hydrogen) atoms. The van der Waals surface area contributed by atoms with Crippen LogP contribution in [-0.2, 0) is 4.74 Å². The predicted molar refractivity (Wildman–Crippen MR) is 101 cm³/mol. The van der Waals surface area contributed by atoms with E-state index in [0.717, 1.165) is 47.1 Å². The summed E-state index contributed by atoms with van der Waals surface area (Å²) in [5.41, 5.74) is 2.84. The number of rotatable bonds is 6. The van der Waals surface area contributed by atoms with E-state index in [1.807, 2.05) is 30.3 Å². The van der Waals surface area contributed by atoms with Gasteiger partial charge in [0.2, 0.25) is 0 Å². The summed E-state index contributed by atoms with van der Waals surface area (Å²) in [5, 5.41) is 2.11. The molecule has 0 spiro atoms. The highest BCUT2D eigenvalue weighted by atomic mass is 16.5. The number of methoxy groups -OCH3 is 1. The largest absolute Gasteiger partial charge is 0.494 e. The van der Waals surface area contributed by atoms with Gasteiger partial charge >= 0.3 is 5.97 Å². The summed E-state index contributed by atoms with van der Waals surface area (Å²) >= 11 is 0. The quantitative estimate of drug-likeness (QED) is 0.443. The molecule has 0 heterocycles. The number of ether oxygens (including phenoxy) is 2. The summed E-state index contributed by atoms with van der Waals surface area (Å²) in [4.78, 5) is 11.6. The Morgan fingerprint density at radius 1 is 0.880 bits per heavy atom. The fourth-order valence-electron chi connectivity index (χ4n) is 2.75. The van der Waals surface area contributed by atoms with Crippen LogP contribution >= 0.6 is 0 Å². The third-order valence-electron chi connectivity index (χ3n) is 4.22. The summed E-state index contributed by atoms with van der Waals surface area (Å²) in [5.74, 6) is 0.588. The van der Waals surface area contributed by atoms with Crippen LogP contribution in [0.4, 0.5) is 0 Å². The lowest BCUT2D eigenvalue weighted by atomic mass is 10.00. The lowest BCUT2D eigenvalue weighted by Crippen LogP contribution is -2.00. The Balaban J connectivity index is 1.82. The fraction of sp³-hybridized carbons (Fsp3) is 0.227. The zero-order valence-corrected chi connectivity index (χ0v) is 14.6. The van der Waals surface area contributed by atoms with Gasteiger partial charge in [-0.2, -0.15) is 0 Å². The standard InChI is InChI=1S/C22H22O3/c1-3-4-13-25-21-11-9-16(10-12-21)17-5-6-19-15-20(22(23)24-2)8-7-18(19)14-17/h5-12,14-15H,3-4,13H2,1-2H3. The van der Waals surface area contributed by atoms with Gasteiger partial charge in [0.1, 0.15) is 5.75 Å². The summed E-state index contributed by atoms with van der Waals surface area (Å²) in [6.07, 6.45) is 2.20. The first-order valence-electron chi connectivity index (χ1n) is 8.56. The van der Waals surface area contributed by atoms with Crippen molar-refractivity contribution in [1.82, 2.24) is 0 Å². The molecule has 0 aromatic heterocycles. The van der Waals surface area contributed by atoms with Crippen LogP contribution in [0.25, 0.3) is 21.9 Å². The zero-order chi connectivity index (χ0) is 17.6. The molecular weight excluding hydrogens is 312 g/mol. The van der Waals surface area contributed by atoms with Crippen molar-refractivity contribution in [3.05, 3.63) is 66.2 Å².